The Kier molecular flexibility index (Phi) is 12.0. The van der Waals surface area contributed by atoms with E-state index >= 15 is 0 Å². The first kappa shape index (κ1) is 23.1. The number of rotatable bonds is 13. The van der Waals surface area contributed by atoms with Gasteiger partial charge >= 0.3 is 5.97 Å². The molecule has 5 nitrogen and oxygen atoms in total. The third-order valence-electron chi connectivity index (χ3n) is 4.72. The van der Waals surface area contributed by atoms with E-state index in [1.54, 1.807) is 6.08 Å². The summed E-state index contributed by atoms with van der Waals surface area (Å²) < 4.78 is 5.48. The van der Waals surface area contributed by atoms with E-state index in [1.165, 1.54) is 0 Å². The lowest BCUT2D eigenvalue weighted by molar-refractivity contribution is -0.156. The first-order valence-corrected chi connectivity index (χ1v) is 9.09. The summed E-state index contributed by atoms with van der Waals surface area (Å²) in [5.41, 5.74) is 0. The largest absolute Gasteiger partial charge is 0.462 e. The molecule has 6 unspecified atom stereocenters. The molecule has 0 saturated heterocycles. The summed E-state index contributed by atoms with van der Waals surface area (Å²) in [7, 11) is 0. The maximum Gasteiger partial charge on any atom is 0.308 e. The Morgan fingerprint density at radius 2 is 1.62 bits per heavy atom. The van der Waals surface area contributed by atoms with Gasteiger partial charge in [-0.15, -0.1) is 6.58 Å². The summed E-state index contributed by atoms with van der Waals surface area (Å²) in [4.78, 5) is 12.1. The number of aliphatic hydroxyl groups is 3. The molecule has 6 atom stereocenters. The molecule has 0 aliphatic carbocycles. The molecule has 0 saturated carbocycles. The molecule has 0 aliphatic rings. The molecule has 0 aromatic rings. The highest BCUT2D eigenvalue weighted by molar-refractivity contribution is 5.70. The zero-order chi connectivity index (χ0) is 18.7. The van der Waals surface area contributed by atoms with Gasteiger partial charge in [0.05, 0.1) is 24.7 Å². The van der Waals surface area contributed by atoms with Crippen LogP contribution in [0.2, 0.25) is 0 Å². The molecule has 142 valence electrons. The van der Waals surface area contributed by atoms with Crippen LogP contribution in [0.5, 0.6) is 0 Å². The van der Waals surface area contributed by atoms with Crippen LogP contribution in [0.4, 0.5) is 0 Å². The van der Waals surface area contributed by atoms with Crippen LogP contribution >= 0.6 is 0 Å². The van der Waals surface area contributed by atoms with Crippen LogP contribution in [0.1, 0.15) is 66.2 Å². The van der Waals surface area contributed by atoms with Crippen molar-refractivity contribution in [2.75, 3.05) is 0 Å². The van der Waals surface area contributed by atoms with Gasteiger partial charge in [0, 0.05) is 12.8 Å². The van der Waals surface area contributed by atoms with Crippen LogP contribution in [0.15, 0.2) is 12.7 Å². The number of carbonyl (C=O) groups excluding carboxylic acids is 1. The van der Waals surface area contributed by atoms with Crippen LogP contribution in [0, 0.1) is 11.8 Å². The second-order valence-corrected chi connectivity index (χ2v) is 6.87. The number of ether oxygens (including phenoxy) is 1. The first-order chi connectivity index (χ1) is 11.2. The predicted octanol–water partition coefficient (Wildman–Crippen LogP) is 2.82. The van der Waals surface area contributed by atoms with E-state index in [0.29, 0.717) is 12.8 Å². The van der Waals surface area contributed by atoms with E-state index in [0.717, 1.165) is 12.8 Å². The third kappa shape index (κ3) is 9.40. The molecule has 0 aliphatic heterocycles. The van der Waals surface area contributed by atoms with Crippen molar-refractivity contribution in [2.24, 2.45) is 11.8 Å². The lowest BCUT2D eigenvalue weighted by Gasteiger charge is -2.26. The van der Waals surface area contributed by atoms with Gasteiger partial charge in [0.2, 0.25) is 0 Å². The zero-order valence-electron chi connectivity index (χ0n) is 15.6. The Labute approximate surface area is 146 Å². The number of carbonyl (C=O) groups is 1. The molecule has 24 heavy (non-hydrogen) atoms. The fraction of sp³-hybridized carbons (Fsp3) is 0.842. The Bertz CT molecular complexity index is 358. The highest BCUT2D eigenvalue weighted by Gasteiger charge is 2.25. The number of hydrogen-bond acceptors (Lipinski definition) is 5. The summed E-state index contributed by atoms with van der Waals surface area (Å²) in [6, 6.07) is 0. The molecule has 0 heterocycles. The highest BCUT2D eigenvalue weighted by atomic mass is 16.5. The summed E-state index contributed by atoms with van der Waals surface area (Å²) in [5.74, 6) is -0.288. The second-order valence-electron chi connectivity index (χ2n) is 6.87. The minimum absolute atomic E-state index is 0.0811. The first-order valence-electron chi connectivity index (χ1n) is 9.09. The van der Waals surface area contributed by atoms with Gasteiger partial charge in [0.25, 0.3) is 0 Å². The van der Waals surface area contributed by atoms with Crippen molar-refractivity contribution in [3.05, 3.63) is 12.7 Å². The molecular weight excluding hydrogens is 308 g/mol. The third-order valence-corrected chi connectivity index (χ3v) is 4.72. The Balaban J connectivity index is 4.51. The minimum atomic E-state index is -0.919. The van der Waals surface area contributed by atoms with Crippen molar-refractivity contribution in [1.82, 2.24) is 0 Å². The van der Waals surface area contributed by atoms with Crippen LogP contribution in [0.3, 0.4) is 0 Å². The monoisotopic (exact) mass is 344 g/mol. The molecule has 3 N–H and O–H groups in total. The average Bonchev–Trinajstić information content (AvgIpc) is 2.52. The minimum Gasteiger partial charge on any atom is -0.462 e. The maximum absolute atomic E-state index is 12.1. The SMILES string of the molecule is C=CCC(O)CC(OC(=O)CC(O)CC(O)C(C)CC)C(C)CC. The quantitative estimate of drug-likeness (QED) is 0.353. The normalized spacial score (nSPS) is 19.0. The molecule has 0 rings (SSSR count). The van der Waals surface area contributed by atoms with Gasteiger partial charge in [-0.25, -0.2) is 0 Å². The van der Waals surface area contributed by atoms with Crippen molar-refractivity contribution >= 4 is 5.97 Å². The Morgan fingerprint density at radius 1 is 1.04 bits per heavy atom. The van der Waals surface area contributed by atoms with E-state index < -0.39 is 24.3 Å². The van der Waals surface area contributed by atoms with Gasteiger partial charge in [0.1, 0.15) is 6.10 Å². The topological polar surface area (TPSA) is 87.0 Å². The fourth-order valence-electron chi connectivity index (χ4n) is 2.49. The smallest absolute Gasteiger partial charge is 0.308 e. The Morgan fingerprint density at radius 3 is 2.12 bits per heavy atom. The fourth-order valence-corrected chi connectivity index (χ4v) is 2.49. The number of aliphatic hydroxyl groups excluding tert-OH is 3. The van der Waals surface area contributed by atoms with E-state index in [1.807, 2.05) is 27.7 Å². The van der Waals surface area contributed by atoms with Gasteiger partial charge in [-0.05, 0) is 18.3 Å². The van der Waals surface area contributed by atoms with Crippen molar-refractivity contribution in [2.45, 2.75) is 90.6 Å². The summed E-state index contributed by atoms with van der Waals surface area (Å²) in [5, 5.41) is 29.8. The van der Waals surface area contributed by atoms with E-state index in [9.17, 15) is 20.1 Å². The van der Waals surface area contributed by atoms with Gasteiger partial charge in [-0.1, -0.05) is 46.6 Å². The summed E-state index contributed by atoms with van der Waals surface area (Å²) in [6.45, 7) is 11.5. The van der Waals surface area contributed by atoms with Gasteiger partial charge in [-0.3, -0.25) is 4.79 Å². The van der Waals surface area contributed by atoms with Crippen LogP contribution in [-0.4, -0.2) is 45.7 Å². The molecule has 0 bridgehead atoms. The molecular formula is C19H36O5. The summed E-state index contributed by atoms with van der Waals surface area (Å²) >= 11 is 0. The van der Waals surface area contributed by atoms with E-state index in [2.05, 4.69) is 6.58 Å². The van der Waals surface area contributed by atoms with Gasteiger partial charge < -0.3 is 20.1 Å². The molecule has 0 spiro atoms. The van der Waals surface area contributed by atoms with Crippen LogP contribution in [0.25, 0.3) is 0 Å². The predicted molar refractivity (Wildman–Crippen MR) is 95.5 cm³/mol. The average molecular weight is 344 g/mol. The van der Waals surface area contributed by atoms with Crippen LogP contribution < -0.4 is 0 Å². The van der Waals surface area contributed by atoms with Crippen molar-refractivity contribution < 1.29 is 24.9 Å². The van der Waals surface area contributed by atoms with E-state index in [-0.39, 0.29) is 30.8 Å². The molecule has 0 aromatic heterocycles. The molecule has 0 aromatic carbocycles. The molecule has 0 fully saturated rings. The summed E-state index contributed by atoms with van der Waals surface area (Å²) in [6.07, 6.45) is 1.59. The van der Waals surface area contributed by atoms with Gasteiger partial charge in [0.15, 0.2) is 0 Å². The molecule has 5 heteroatoms. The molecule has 0 amide bonds. The van der Waals surface area contributed by atoms with E-state index in [4.69, 9.17) is 4.74 Å². The zero-order valence-corrected chi connectivity index (χ0v) is 15.6. The van der Waals surface area contributed by atoms with Gasteiger partial charge in [-0.2, -0.15) is 0 Å². The van der Waals surface area contributed by atoms with Crippen molar-refractivity contribution in [3.8, 4) is 0 Å². The lowest BCUT2D eigenvalue weighted by Crippen LogP contribution is -2.31. The van der Waals surface area contributed by atoms with Crippen molar-refractivity contribution in [1.29, 1.82) is 0 Å². The second kappa shape index (κ2) is 12.5. The number of hydrogen-bond donors (Lipinski definition) is 3. The maximum atomic E-state index is 12.1. The standard InChI is InChI=1S/C19H36O5/c1-6-9-15(20)11-18(14(5)8-3)24-19(23)12-16(21)10-17(22)13(4)7-2/h6,13-18,20-22H,1,7-12H2,2-5H3. The highest BCUT2D eigenvalue weighted by Crippen LogP contribution is 2.20. The molecule has 0 radical (unpaired) electrons. The Hall–Kier alpha value is -0.910. The van der Waals surface area contributed by atoms with Crippen LogP contribution in [-0.2, 0) is 9.53 Å². The van der Waals surface area contributed by atoms with Crippen molar-refractivity contribution in [3.63, 3.8) is 0 Å². The number of esters is 1. The lowest BCUT2D eigenvalue weighted by atomic mass is 9.95.